The van der Waals surface area contributed by atoms with Gasteiger partial charge >= 0.3 is 0 Å². The van der Waals surface area contributed by atoms with Gasteiger partial charge in [-0.2, -0.15) is 0 Å². The van der Waals surface area contributed by atoms with Crippen LogP contribution in [0.2, 0.25) is 0 Å². The average Bonchev–Trinajstić information content (AvgIpc) is 2.82. The van der Waals surface area contributed by atoms with E-state index in [9.17, 15) is 0 Å². The normalized spacial score (nSPS) is 10.6. The fourth-order valence-electron chi connectivity index (χ4n) is 1.66. The first kappa shape index (κ1) is 10.2. The second kappa shape index (κ2) is 4.14. The van der Waals surface area contributed by atoms with E-state index in [1.165, 1.54) is 4.70 Å². The van der Waals surface area contributed by atoms with Crippen molar-refractivity contribution >= 4 is 27.4 Å². The maximum absolute atomic E-state index is 4.60. The van der Waals surface area contributed by atoms with Crippen LogP contribution < -0.4 is 5.32 Å². The summed E-state index contributed by atoms with van der Waals surface area (Å²) in [4.78, 5) is 8.90. The molecule has 0 unspecified atom stereocenters. The highest BCUT2D eigenvalue weighted by molar-refractivity contribution is 7.21. The van der Waals surface area contributed by atoms with Gasteiger partial charge in [0.1, 0.15) is 10.8 Å². The third-order valence-electron chi connectivity index (χ3n) is 2.56. The molecule has 17 heavy (non-hydrogen) atoms. The van der Waals surface area contributed by atoms with Crippen LogP contribution in [0.4, 0.5) is 5.82 Å². The van der Waals surface area contributed by atoms with Crippen LogP contribution in [-0.2, 0) is 0 Å². The summed E-state index contributed by atoms with van der Waals surface area (Å²) in [6.07, 6.45) is 1.85. The standard InChI is InChI=1S/C13H11N3S/c1-14-12-7-6-9(8-15-12)13-16-10-4-2-3-5-11(10)17-13/h2-8H,1H3,(H,14,15). The highest BCUT2D eigenvalue weighted by Crippen LogP contribution is 2.29. The van der Waals surface area contributed by atoms with E-state index in [1.807, 2.05) is 43.6 Å². The van der Waals surface area contributed by atoms with Gasteiger partial charge in [0, 0.05) is 18.8 Å². The number of thiazole rings is 1. The molecule has 0 radical (unpaired) electrons. The van der Waals surface area contributed by atoms with Crippen LogP contribution in [0.1, 0.15) is 0 Å². The summed E-state index contributed by atoms with van der Waals surface area (Å²) in [7, 11) is 1.86. The Hall–Kier alpha value is -1.94. The number of nitrogens with zero attached hydrogens (tertiary/aromatic N) is 2. The van der Waals surface area contributed by atoms with E-state index in [4.69, 9.17) is 0 Å². The molecule has 0 saturated carbocycles. The highest BCUT2D eigenvalue weighted by Gasteiger charge is 2.05. The van der Waals surface area contributed by atoms with Crippen LogP contribution in [0.5, 0.6) is 0 Å². The van der Waals surface area contributed by atoms with Crippen molar-refractivity contribution in [2.45, 2.75) is 0 Å². The lowest BCUT2D eigenvalue weighted by Gasteiger charge is -1.99. The molecule has 1 aromatic carbocycles. The third-order valence-corrected chi connectivity index (χ3v) is 3.65. The van der Waals surface area contributed by atoms with Crippen molar-refractivity contribution in [2.24, 2.45) is 0 Å². The van der Waals surface area contributed by atoms with Crippen molar-refractivity contribution in [2.75, 3.05) is 12.4 Å². The van der Waals surface area contributed by atoms with Gasteiger partial charge in [0.15, 0.2) is 0 Å². The van der Waals surface area contributed by atoms with Gasteiger partial charge in [0.2, 0.25) is 0 Å². The molecule has 4 heteroatoms. The van der Waals surface area contributed by atoms with Crippen LogP contribution in [0.25, 0.3) is 20.8 Å². The molecule has 0 saturated heterocycles. The molecule has 0 aliphatic carbocycles. The number of aromatic nitrogens is 2. The number of rotatable bonds is 2. The topological polar surface area (TPSA) is 37.8 Å². The minimum absolute atomic E-state index is 0.870. The van der Waals surface area contributed by atoms with Gasteiger partial charge in [-0.1, -0.05) is 12.1 Å². The Bertz CT molecular complexity index is 610. The molecule has 2 aromatic heterocycles. The van der Waals surface area contributed by atoms with Gasteiger partial charge in [-0.15, -0.1) is 11.3 Å². The minimum atomic E-state index is 0.870. The molecule has 0 aliphatic heterocycles. The van der Waals surface area contributed by atoms with Gasteiger partial charge in [-0.25, -0.2) is 9.97 Å². The fraction of sp³-hybridized carbons (Fsp3) is 0.0769. The zero-order chi connectivity index (χ0) is 11.7. The van der Waals surface area contributed by atoms with Gasteiger partial charge in [0.25, 0.3) is 0 Å². The maximum Gasteiger partial charge on any atom is 0.126 e. The van der Waals surface area contributed by atoms with Crippen molar-refractivity contribution in [1.29, 1.82) is 0 Å². The summed E-state index contributed by atoms with van der Waals surface area (Å²) in [5.74, 6) is 0.870. The molecule has 3 nitrogen and oxygen atoms in total. The number of anilines is 1. The van der Waals surface area contributed by atoms with Crippen molar-refractivity contribution in [3.05, 3.63) is 42.6 Å². The van der Waals surface area contributed by atoms with Gasteiger partial charge in [0.05, 0.1) is 10.2 Å². The SMILES string of the molecule is CNc1ccc(-c2nc3ccccc3s2)cn1. The second-order valence-corrected chi connectivity index (χ2v) is 4.70. The maximum atomic E-state index is 4.60. The quantitative estimate of drug-likeness (QED) is 0.747. The predicted octanol–water partition coefficient (Wildman–Crippen LogP) is 3.40. The Kier molecular flexibility index (Phi) is 2.49. The van der Waals surface area contributed by atoms with Gasteiger partial charge in [-0.3, -0.25) is 0 Å². The highest BCUT2D eigenvalue weighted by atomic mass is 32.1. The van der Waals surface area contributed by atoms with Crippen molar-refractivity contribution in [3.63, 3.8) is 0 Å². The molecular formula is C13H11N3S. The van der Waals surface area contributed by atoms with E-state index in [0.717, 1.165) is 21.9 Å². The molecule has 0 amide bonds. The molecule has 3 aromatic rings. The number of benzene rings is 1. The average molecular weight is 241 g/mol. The zero-order valence-electron chi connectivity index (χ0n) is 9.34. The Morgan fingerprint density at radius 1 is 1.12 bits per heavy atom. The Morgan fingerprint density at radius 2 is 2.00 bits per heavy atom. The van der Waals surface area contributed by atoms with E-state index in [0.29, 0.717) is 0 Å². The monoisotopic (exact) mass is 241 g/mol. The molecule has 84 valence electrons. The zero-order valence-corrected chi connectivity index (χ0v) is 10.2. The van der Waals surface area contributed by atoms with Gasteiger partial charge < -0.3 is 5.32 Å². The van der Waals surface area contributed by atoms with Crippen molar-refractivity contribution < 1.29 is 0 Å². The largest absolute Gasteiger partial charge is 0.373 e. The first-order valence-corrected chi connectivity index (χ1v) is 6.18. The summed E-state index contributed by atoms with van der Waals surface area (Å²) in [6, 6.07) is 12.2. The Morgan fingerprint density at radius 3 is 2.71 bits per heavy atom. The summed E-state index contributed by atoms with van der Waals surface area (Å²) in [5.41, 5.74) is 2.11. The van der Waals surface area contributed by atoms with Crippen molar-refractivity contribution in [3.8, 4) is 10.6 Å². The number of nitrogens with one attached hydrogen (secondary N) is 1. The lowest BCUT2D eigenvalue weighted by Crippen LogP contribution is -1.90. The van der Waals surface area contributed by atoms with Gasteiger partial charge in [-0.05, 0) is 24.3 Å². The molecule has 0 aliphatic rings. The lowest BCUT2D eigenvalue weighted by molar-refractivity contribution is 1.28. The Labute approximate surface area is 103 Å². The number of hydrogen-bond acceptors (Lipinski definition) is 4. The van der Waals surface area contributed by atoms with Crippen LogP contribution in [0, 0.1) is 0 Å². The van der Waals surface area contributed by atoms with E-state index < -0.39 is 0 Å². The molecule has 1 N–H and O–H groups in total. The van der Waals surface area contributed by atoms with E-state index in [2.05, 4.69) is 21.4 Å². The van der Waals surface area contributed by atoms with E-state index in [1.54, 1.807) is 11.3 Å². The third kappa shape index (κ3) is 1.87. The second-order valence-electron chi connectivity index (χ2n) is 3.67. The number of fused-ring (bicyclic) bond motifs is 1. The minimum Gasteiger partial charge on any atom is -0.373 e. The molecule has 0 bridgehead atoms. The molecule has 3 rings (SSSR count). The first-order valence-electron chi connectivity index (χ1n) is 5.36. The lowest BCUT2D eigenvalue weighted by atomic mass is 10.3. The summed E-state index contributed by atoms with van der Waals surface area (Å²) in [5, 5.41) is 4.02. The summed E-state index contributed by atoms with van der Waals surface area (Å²) in [6.45, 7) is 0. The molecular weight excluding hydrogens is 230 g/mol. The van der Waals surface area contributed by atoms with Crippen LogP contribution in [0.3, 0.4) is 0 Å². The van der Waals surface area contributed by atoms with Crippen molar-refractivity contribution in [1.82, 2.24) is 9.97 Å². The van der Waals surface area contributed by atoms with E-state index in [-0.39, 0.29) is 0 Å². The fourth-order valence-corrected chi connectivity index (χ4v) is 2.62. The predicted molar refractivity (Wildman–Crippen MR) is 72.4 cm³/mol. The molecule has 0 fully saturated rings. The van der Waals surface area contributed by atoms with Crippen LogP contribution >= 0.6 is 11.3 Å². The van der Waals surface area contributed by atoms with E-state index >= 15 is 0 Å². The smallest absolute Gasteiger partial charge is 0.126 e. The number of hydrogen-bond donors (Lipinski definition) is 1. The molecule has 0 atom stereocenters. The summed E-state index contributed by atoms with van der Waals surface area (Å²) >= 11 is 1.69. The Balaban J connectivity index is 2.07. The summed E-state index contributed by atoms with van der Waals surface area (Å²) < 4.78 is 1.21. The first-order chi connectivity index (χ1) is 8.36. The number of para-hydroxylation sites is 1. The van der Waals surface area contributed by atoms with Crippen LogP contribution in [-0.4, -0.2) is 17.0 Å². The molecule has 2 heterocycles. The number of pyridine rings is 1. The molecule has 0 spiro atoms. The van der Waals surface area contributed by atoms with Crippen LogP contribution in [0.15, 0.2) is 42.6 Å².